The van der Waals surface area contributed by atoms with Crippen LogP contribution in [0.2, 0.25) is 0 Å². The molecular formula is C86H107N7O20. The molecule has 1 saturated carbocycles. The largest absolute Gasteiger partial charge is 0.493 e. The number of hydrogen-bond acceptors (Lipinski definition) is 22. The van der Waals surface area contributed by atoms with Crippen molar-refractivity contribution in [3.8, 4) is 23.0 Å². The smallest absolute Gasteiger partial charge is 0.260 e. The zero-order valence-corrected chi connectivity index (χ0v) is 65.4. The number of fused-ring (bicyclic) bond motifs is 4. The third-order valence-electron chi connectivity index (χ3n) is 20.0. The first-order valence-corrected chi connectivity index (χ1v) is 39.1. The number of nitrogens with one attached hydrogen (secondary N) is 4. The molecule has 6 amide bonds. The highest BCUT2D eigenvalue weighted by Gasteiger charge is 2.40. The maximum absolute atomic E-state index is 14.2. The van der Waals surface area contributed by atoms with Crippen LogP contribution in [0, 0.1) is 35.0 Å². The molecule has 4 aliphatic carbocycles. The van der Waals surface area contributed by atoms with E-state index in [1.807, 2.05) is 73.0 Å². The fraction of sp³-hybridized carbons (Fsp3) is 0.488. The van der Waals surface area contributed by atoms with Crippen molar-refractivity contribution in [2.24, 2.45) is 34.6 Å². The number of benzene rings is 3. The van der Waals surface area contributed by atoms with Crippen LogP contribution in [-0.2, 0) is 66.7 Å². The van der Waals surface area contributed by atoms with E-state index >= 15 is 0 Å². The van der Waals surface area contributed by atoms with Gasteiger partial charge < -0.3 is 83.1 Å². The van der Waals surface area contributed by atoms with E-state index in [0.717, 1.165) is 34.3 Å². The second-order valence-corrected chi connectivity index (χ2v) is 28.5. The van der Waals surface area contributed by atoms with Crippen LogP contribution in [0.1, 0.15) is 117 Å². The second kappa shape index (κ2) is 44.6. The Balaban J connectivity index is 0.514. The van der Waals surface area contributed by atoms with Crippen molar-refractivity contribution in [3.05, 3.63) is 154 Å². The fourth-order valence-electron chi connectivity index (χ4n) is 13.7. The molecule has 1 saturated heterocycles. The molecule has 0 bridgehead atoms. The van der Waals surface area contributed by atoms with Crippen molar-refractivity contribution >= 4 is 82.0 Å². The molecule has 27 nitrogen and oxygen atoms in total. The normalized spacial score (nSPS) is 19.0. The molecule has 3 heterocycles. The lowest BCUT2D eigenvalue weighted by Gasteiger charge is -2.25. The molecule has 27 heteroatoms. The van der Waals surface area contributed by atoms with Crippen molar-refractivity contribution in [1.82, 2.24) is 20.4 Å². The first-order valence-electron chi connectivity index (χ1n) is 39.1. The topological polar surface area (TPSA) is 326 Å². The number of methoxy groups -OCH3 is 2. The molecule has 7 aliphatic rings. The molecule has 5 atom stereocenters. The van der Waals surface area contributed by atoms with Gasteiger partial charge in [0.15, 0.2) is 28.8 Å². The number of Topliss-reactive ketones (excluding diaryl/α,β-unsaturated/α-hetero) is 2. The summed E-state index contributed by atoms with van der Waals surface area (Å²) in [5.74, 6) is -1.39. The van der Waals surface area contributed by atoms with Crippen LogP contribution < -0.4 is 34.9 Å². The lowest BCUT2D eigenvalue weighted by molar-refractivity contribution is -0.139. The van der Waals surface area contributed by atoms with Crippen LogP contribution in [0.15, 0.2) is 137 Å². The van der Waals surface area contributed by atoms with Gasteiger partial charge in [0.25, 0.3) is 5.91 Å². The highest BCUT2D eigenvalue weighted by atomic mass is 16.6. The minimum Gasteiger partial charge on any atom is -0.493 e. The van der Waals surface area contributed by atoms with E-state index in [1.54, 1.807) is 69.3 Å². The summed E-state index contributed by atoms with van der Waals surface area (Å²) in [5, 5.41) is 17.1. The Hall–Kier alpha value is -9.84. The Kier molecular flexibility index (Phi) is 33.8. The first-order chi connectivity index (χ1) is 55.0. The Morgan fingerprint density at radius 2 is 1.20 bits per heavy atom. The van der Waals surface area contributed by atoms with Crippen molar-refractivity contribution in [1.29, 1.82) is 5.41 Å². The van der Waals surface area contributed by atoms with Gasteiger partial charge in [-0.3, -0.25) is 48.2 Å². The Labute approximate surface area is 660 Å². The van der Waals surface area contributed by atoms with Crippen LogP contribution in [0.5, 0.6) is 23.0 Å². The number of carbonyl (C=O) groups excluding carboxylic acids is 8. The van der Waals surface area contributed by atoms with Gasteiger partial charge in [-0.05, 0) is 90.6 Å². The number of anilines is 1. The summed E-state index contributed by atoms with van der Waals surface area (Å²) in [6, 6.07) is 12.9. The van der Waals surface area contributed by atoms with E-state index in [-0.39, 0.29) is 111 Å². The van der Waals surface area contributed by atoms with Gasteiger partial charge >= 0.3 is 0 Å². The number of ether oxygens (including phenoxy) is 12. The summed E-state index contributed by atoms with van der Waals surface area (Å²) in [4.78, 5) is 113. The molecule has 113 heavy (non-hydrogen) atoms. The molecule has 0 radical (unpaired) electrons. The quantitative estimate of drug-likeness (QED) is 0.0232. The van der Waals surface area contributed by atoms with Crippen LogP contribution in [-0.4, -0.2) is 227 Å². The third kappa shape index (κ3) is 25.8. The number of aliphatic imine (C=N–C) groups is 1. The number of ketones is 2. The molecule has 2 fully saturated rings. The van der Waals surface area contributed by atoms with Gasteiger partial charge in [0, 0.05) is 99.4 Å². The molecule has 3 aromatic carbocycles. The minimum absolute atomic E-state index is 0.0165. The molecule has 2 unspecified atom stereocenters. The van der Waals surface area contributed by atoms with Gasteiger partial charge in [-0.15, -0.1) is 0 Å². The van der Waals surface area contributed by atoms with E-state index in [9.17, 15) is 38.4 Å². The summed E-state index contributed by atoms with van der Waals surface area (Å²) < 4.78 is 68.2. The number of nitrogens with zero attached hydrogens (tertiary/aromatic N) is 3. The first kappa shape index (κ1) is 85.6. The Morgan fingerprint density at radius 3 is 1.83 bits per heavy atom. The molecular weight excluding hydrogens is 1450 g/mol. The second-order valence-electron chi connectivity index (χ2n) is 28.5. The van der Waals surface area contributed by atoms with Crippen LogP contribution >= 0.6 is 0 Å². The maximum atomic E-state index is 14.2. The molecule has 4 N–H and O–H groups in total. The van der Waals surface area contributed by atoms with Crippen LogP contribution in [0.25, 0.3) is 11.6 Å². The molecule has 0 spiro atoms. The van der Waals surface area contributed by atoms with Gasteiger partial charge in [-0.2, -0.15) is 0 Å². The van der Waals surface area contributed by atoms with E-state index in [2.05, 4.69) is 34.2 Å². The highest BCUT2D eigenvalue weighted by molar-refractivity contribution is 6.12. The zero-order valence-electron chi connectivity index (χ0n) is 65.4. The number of allylic oxidation sites excluding steroid dienone is 12. The lowest BCUT2D eigenvalue weighted by atomic mass is 9.80. The SMILES string of the molecule is COc1cc2c(cc1OCCCOc1cc3c(cc1OC)C(=O)N1C=C(c4ccc(NC(=O)[C@H](C)NC(=O)C(C(=N)CC(=O)CCOCCOCCOCCOCCOCCOCCOCCOCCNC(=O)CCN5C(=O)CC(C6=C/C=C\C=C/C=C6)C5=O)C(C)C)cc4)C[C@H]1C=N3)/C=C\[C@@H]1CC(C3CC3)=CC=C1CC2=O. The number of hydrogen-bond donors (Lipinski definition) is 4. The van der Waals surface area contributed by atoms with Gasteiger partial charge in [0.1, 0.15) is 11.8 Å². The summed E-state index contributed by atoms with van der Waals surface area (Å²) in [7, 11) is 3.08. The van der Waals surface area contributed by atoms with E-state index < -0.39 is 29.7 Å². The van der Waals surface area contributed by atoms with Crippen molar-refractivity contribution < 1.29 is 95.2 Å². The van der Waals surface area contributed by atoms with Crippen LogP contribution in [0.4, 0.5) is 11.4 Å². The minimum atomic E-state index is -0.969. The van der Waals surface area contributed by atoms with Gasteiger partial charge in [-0.25, -0.2) is 0 Å². The molecule has 10 rings (SSSR count). The molecule has 3 aliphatic heterocycles. The average molecular weight is 1560 g/mol. The summed E-state index contributed by atoms with van der Waals surface area (Å²) >= 11 is 0. The zero-order chi connectivity index (χ0) is 79.9. The van der Waals surface area contributed by atoms with Crippen molar-refractivity contribution in [2.45, 2.75) is 97.1 Å². The van der Waals surface area contributed by atoms with E-state index in [0.29, 0.717) is 176 Å². The number of amides is 6. The molecule has 3 aromatic rings. The standard InChI is InChI=1S/C86H107N7O20/c1-57(2)82(73(87)50-69(94)25-30-104-32-34-106-36-38-108-40-42-110-44-45-111-43-41-109-39-37-107-35-33-105-31-26-88-80(96)24-27-92-81(97)53-71(85(92)100)61-12-9-7-6-8-10-13-61)84(99)90-58(3)83(98)91-67-22-20-60(21-23-67)66-47-68-55-89-74-54-79(77(103-5)52-72(74)86(101)93(68)56-66)113-29-11-28-112-78-49-65-19-18-63-46-62(59-14-15-59)16-17-64(63)48-75(95)70(65)51-76(78)102-4/h6-10,12-13,16-23,49,51-52,54-59,63,68,71,82,87H,11,14-15,24-48,50,53H2,1-5H3,(H,88,96)(H,90,99)(H,91,98)/b7-6-,8-6?,9-7?,10-8-,12-9?,13-10?,19-18-,61-12?,61-13?,87-73?/t58-,63+,68-,71?,82?/m0/s1. The predicted octanol–water partition coefficient (Wildman–Crippen LogP) is 10.1. The maximum Gasteiger partial charge on any atom is 0.260 e. The number of carbonyl (C=O) groups is 8. The summed E-state index contributed by atoms with van der Waals surface area (Å²) in [5.41, 5.74) is 7.77. The fourth-order valence-corrected chi connectivity index (χ4v) is 13.7. The Bertz CT molecular complexity index is 4130. The average Bonchev–Trinajstić information content (AvgIpc) is 1.64. The predicted molar refractivity (Wildman–Crippen MR) is 425 cm³/mol. The summed E-state index contributed by atoms with van der Waals surface area (Å²) in [6.07, 6.45) is 29.8. The summed E-state index contributed by atoms with van der Waals surface area (Å²) in [6.45, 7) is 11.6. The van der Waals surface area contributed by atoms with E-state index in [1.165, 1.54) is 30.4 Å². The molecule has 606 valence electrons. The lowest BCUT2D eigenvalue weighted by Crippen LogP contribution is -2.47. The Morgan fingerprint density at radius 1 is 0.611 bits per heavy atom. The highest BCUT2D eigenvalue weighted by Crippen LogP contribution is 2.45. The number of likely N-dealkylation sites (tertiary alicyclic amines) is 1. The van der Waals surface area contributed by atoms with Gasteiger partial charge in [0.2, 0.25) is 29.5 Å². The third-order valence-corrected chi connectivity index (χ3v) is 20.0. The van der Waals surface area contributed by atoms with E-state index in [4.69, 9.17) is 67.2 Å². The number of rotatable bonds is 49. The van der Waals surface area contributed by atoms with Gasteiger partial charge in [-0.1, -0.05) is 104 Å². The van der Waals surface area contributed by atoms with Gasteiger partial charge in [0.05, 0.1) is 162 Å². The molecule has 0 aromatic heterocycles. The number of imide groups is 1. The van der Waals surface area contributed by atoms with Crippen molar-refractivity contribution in [3.63, 3.8) is 0 Å². The van der Waals surface area contributed by atoms with Crippen molar-refractivity contribution in [2.75, 3.05) is 152 Å². The van der Waals surface area contributed by atoms with Crippen LogP contribution in [0.3, 0.4) is 0 Å². The monoisotopic (exact) mass is 1560 g/mol.